The molecule has 1 aliphatic rings. The molecule has 1 heterocycles. The quantitative estimate of drug-likeness (QED) is 0.817. The predicted octanol–water partition coefficient (Wildman–Crippen LogP) is 1.87. The average molecular weight is 205 g/mol. The second-order valence-corrected chi connectivity index (χ2v) is 3.43. The average Bonchev–Trinajstić information content (AvgIpc) is 2.77. The van der Waals surface area contributed by atoms with Crippen LogP contribution >= 0.6 is 0 Å². The first kappa shape index (κ1) is 10.1. The van der Waals surface area contributed by atoms with Crippen LogP contribution in [0.1, 0.15) is 11.6 Å². The van der Waals surface area contributed by atoms with Crippen LogP contribution in [-0.2, 0) is 4.74 Å². The number of hydrogen-bond donors (Lipinski definition) is 1. The Morgan fingerprint density at radius 3 is 2.47 bits per heavy atom. The van der Waals surface area contributed by atoms with Crippen molar-refractivity contribution in [2.75, 3.05) is 20.8 Å². The minimum atomic E-state index is 0.181. The van der Waals surface area contributed by atoms with E-state index >= 15 is 0 Å². The van der Waals surface area contributed by atoms with Gasteiger partial charge in [0.25, 0.3) is 0 Å². The monoisotopic (exact) mass is 205 g/mol. The van der Waals surface area contributed by atoms with Gasteiger partial charge < -0.3 is 14.8 Å². The zero-order valence-corrected chi connectivity index (χ0v) is 8.99. The van der Waals surface area contributed by atoms with E-state index in [4.69, 9.17) is 9.47 Å². The van der Waals surface area contributed by atoms with E-state index in [-0.39, 0.29) is 6.04 Å². The molecule has 0 spiro atoms. The van der Waals surface area contributed by atoms with Crippen molar-refractivity contribution in [1.29, 1.82) is 0 Å². The first-order valence-corrected chi connectivity index (χ1v) is 4.96. The highest BCUT2D eigenvalue weighted by atomic mass is 16.5. The van der Waals surface area contributed by atoms with Crippen molar-refractivity contribution in [3.8, 4) is 5.75 Å². The molecule has 0 aromatic heterocycles. The maximum atomic E-state index is 5.30. The fourth-order valence-corrected chi connectivity index (χ4v) is 1.78. The predicted molar refractivity (Wildman–Crippen MR) is 58.8 cm³/mol. The maximum absolute atomic E-state index is 5.30. The molecule has 0 radical (unpaired) electrons. The smallest absolute Gasteiger partial charge is 0.118 e. The van der Waals surface area contributed by atoms with Gasteiger partial charge in [0, 0.05) is 6.54 Å². The second-order valence-electron chi connectivity index (χ2n) is 3.43. The second kappa shape index (κ2) is 4.36. The van der Waals surface area contributed by atoms with Crippen molar-refractivity contribution in [1.82, 2.24) is 5.32 Å². The molecular weight excluding hydrogens is 190 g/mol. The fraction of sp³-hybridized carbons (Fsp3) is 0.333. The minimum Gasteiger partial charge on any atom is -0.499 e. The van der Waals surface area contributed by atoms with Crippen LogP contribution in [0.5, 0.6) is 5.75 Å². The topological polar surface area (TPSA) is 30.5 Å². The maximum Gasteiger partial charge on any atom is 0.118 e. The summed E-state index contributed by atoms with van der Waals surface area (Å²) in [6, 6.07) is 8.20. The van der Waals surface area contributed by atoms with Gasteiger partial charge in [-0.05, 0) is 23.8 Å². The Kier molecular flexibility index (Phi) is 2.92. The molecule has 0 bridgehead atoms. The molecule has 0 amide bonds. The van der Waals surface area contributed by atoms with E-state index in [2.05, 4.69) is 23.5 Å². The van der Waals surface area contributed by atoms with Crippen molar-refractivity contribution < 1.29 is 9.47 Å². The van der Waals surface area contributed by atoms with E-state index in [9.17, 15) is 0 Å². The standard InChI is InChI=1S/C12H15NO2/c1-14-10-5-3-9(4-6-10)12-11(15-2)7-8-13-12/h3-7,12-13H,8H2,1-2H3/t12-/m0/s1. The van der Waals surface area contributed by atoms with Gasteiger partial charge in [0.1, 0.15) is 11.5 Å². The normalized spacial score (nSPS) is 19.9. The van der Waals surface area contributed by atoms with Gasteiger partial charge in [0.15, 0.2) is 0 Å². The Balaban J connectivity index is 2.19. The first-order valence-electron chi connectivity index (χ1n) is 4.96. The Morgan fingerprint density at radius 1 is 1.13 bits per heavy atom. The highest BCUT2D eigenvalue weighted by molar-refractivity contribution is 5.33. The molecule has 2 rings (SSSR count). The van der Waals surface area contributed by atoms with Crippen LogP contribution in [0.2, 0.25) is 0 Å². The molecule has 0 aliphatic carbocycles. The third kappa shape index (κ3) is 1.97. The zero-order chi connectivity index (χ0) is 10.7. The molecule has 1 aliphatic heterocycles. The van der Waals surface area contributed by atoms with Crippen LogP contribution in [-0.4, -0.2) is 20.8 Å². The largest absolute Gasteiger partial charge is 0.499 e. The van der Waals surface area contributed by atoms with Crippen LogP contribution < -0.4 is 10.1 Å². The number of benzene rings is 1. The molecule has 1 aromatic carbocycles. The van der Waals surface area contributed by atoms with Gasteiger partial charge in [-0.2, -0.15) is 0 Å². The van der Waals surface area contributed by atoms with Gasteiger partial charge in [0.05, 0.1) is 20.3 Å². The van der Waals surface area contributed by atoms with Crippen LogP contribution in [0.25, 0.3) is 0 Å². The lowest BCUT2D eigenvalue weighted by Crippen LogP contribution is -2.16. The van der Waals surface area contributed by atoms with Gasteiger partial charge in [-0.25, -0.2) is 0 Å². The van der Waals surface area contributed by atoms with E-state index in [1.165, 1.54) is 5.56 Å². The number of methoxy groups -OCH3 is 2. The summed E-state index contributed by atoms with van der Waals surface area (Å²) in [5.41, 5.74) is 1.20. The zero-order valence-electron chi connectivity index (χ0n) is 8.99. The van der Waals surface area contributed by atoms with Crippen LogP contribution in [0, 0.1) is 0 Å². The van der Waals surface area contributed by atoms with Crippen LogP contribution in [0.4, 0.5) is 0 Å². The van der Waals surface area contributed by atoms with Crippen molar-refractivity contribution in [2.24, 2.45) is 0 Å². The molecular formula is C12H15NO2. The molecule has 0 saturated heterocycles. The molecule has 15 heavy (non-hydrogen) atoms. The van der Waals surface area contributed by atoms with Gasteiger partial charge in [0.2, 0.25) is 0 Å². The third-order valence-electron chi connectivity index (χ3n) is 2.59. The highest BCUT2D eigenvalue weighted by Gasteiger charge is 2.20. The fourth-order valence-electron chi connectivity index (χ4n) is 1.78. The summed E-state index contributed by atoms with van der Waals surface area (Å²) >= 11 is 0. The van der Waals surface area contributed by atoms with E-state index in [1.807, 2.05) is 12.1 Å². The Bertz CT molecular complexity index is 356. The SMILES string of the molecule is COC1=CCN[C@H]1c1ccc(OC)cc1. The molecule has 0 saturated carbocycles. The van der Waals surface area contributed by atoms with Crippen molar-refractivity contribution in [3.63, 3.8) is 0 Å². The number of nitrogens with one attached hydrogen (secondary N) is 1. The van der Waals surface area contributed by atoms with Gasteiger partial charge >= 0.3 is 0 Å². The van der Waals surface area contributed by atoms with Crippen LogP contribution in [0.3, 0.4) is 0 Å². The Hall–Kier alpha value is -1.48. The van der Waals surface area contributed by atoms with Gasteiger partial charge in [-0.15, -0.1) is 0 Å². The molecule has 80 valence electrons. The van der Waals surface area contributed by atoms with Crippen molar-refractivity contribution in [2.45, 2.75) is 6.04 Å². The summed E-state index contributed by atoms with van der Waals surface area (Å²) in [5.74, 6) is 1.86. The molecule has 1 atom stereocenters. The molecule has 1 N–H and O–H groups in total. The molecule has 1 aromatic rings. The van der Waals surface area contributed by atoms with Gasteiger partial charge in [-0.1, -0.05) is 12.1 Å². The van der Waals surface area contributed by atoms with E-state index < -0.39 is 0 Å². The highest BCUT2D eigenvalue weighted by Crippen LogP contribution is 2.26. The summed E-state index contributed by atoms with van der Waals surface area (Å²) in [7, 11) is 3.37. The number of ether oxygens (including phenoxy) is 2. The Labute approximate surface area is 89.7 Å². The summed E-state index contributed by atoms with van der Waals surface area (Å²) in [6.07, 6.45) is 2.06. The van der Waals surface area contributed by atoms with Crippen molar-refractivity contribution >= 4 is 0 Å². The lowest BCUT2D eigenvalue weighted by Gasteiger charge is -2.15. The summed E-state index contributed by atoms with van der Waals surface area (Å²) in [6.45, 7) is 0.861. The Morgan fingerprint density at radius 2 is 1.87 bits per heavy atom. The van der Waals surface area contributed by atoms with Crippen LogP contribution in [0.15, 0.2) is 36.1 Å². The molecule has 0 fully saturated rings. The number of rotatable bonds is 3. The summed E-state index contributed by atoms with van der Waals surface area (Å²) < 4.78 is 10.4. The van der Waals surface area contributed by atoms with Gasteiger partial charge in [-0.3, -0.25) is 0 Å². The molecule has 3 heteroatoms. The number of hydrogen-bond acceptors (Lipinski definition) is 3. The van der Waals surface area contributed by atoms with E-state index in [1.54, 1.807) is 14.2 Å². The molecule has 0 unspecified atom stereocenters. The van der Waals surface area contributed by atoms with E-state index in [0.29, 0.717) is 0 Å². The minimum absolute atomic E-state index is 0.181. The molecule has 3 nitrogen and oxygen atoms in total. The lowest BCUT2D eigenvalue weighted by molar-refractivity contribution is 0.264. The van der Waals surface area contributed by atoms with Crippen molar-refractivity contribution in [3.05, 3.63) is 41.7 Å². The lowest BCUT2D eigenvalue weighted by atomic mass is 10.1. The third-order valence-corrected chi connectivity index (χ3v) is 2.59. The first-order chi connectivity index (χ1) is 7.35. The summed E-state index contributed by atoms with van der Waals surface area (Å²) in [4.78, 5) is 0. The van der Waals surface area contributed by atoms with E-state index in [0.717, 1.165) is 18.1 Å². The summed E-state index contributed by atoms with van der Waals surface area (Å²) in [5, 5.41) is 3.35.